The molecule has 2 rings (SSSR count). The van der Waals surface area contributed by atoms with Crippen LogP contribution in [-0.4, -0.2) is 15.5 Å². The van der Waals surface area contributed by atoms with Crippen molar-refractivity contribution in [3.05, 3.63) is 54.1 Å². The number of hydrogen-bond donors (Lipinski definition) is 2. The van der Waals surface area contributed by atoms with E-state index in [0.717, 1.165) is 5.56 Å². The molecule has 0 amide bonds. The van der Waals surface area contributed by atoms with Crippen molar-refractivity contribution < 1.29 is 13.2 Å². The maximum absolute atomic E-state index is 12.2. The predicted molar refractivity (Wildman–Crippen MR) is 77.9 cm³/mol. The topological polar surface area (TPSA) is 81.4 Å². The second kappa shape index (κ2) is 5.94. The first-order valence-corrected chi connectivity index (χ1v) is 7.49. The van der Waals surface area contributed by atoms with Gasteiger partial charge in [-0.05, 0) is 18.2 Å². The third kappa shape index (κ3) is 3.09. The molecule has 6 heteroatoms. The van der Waals surface area contributed by atoms with Crippen LogP contribution < -0.4 is 15.2 Å². The van der Waals surface area contributed by atoms with Gasteiger partial charge in [-0.2, -0.15) is 0 Å². The summed E-state index contributed by atoms with van der Waals surface area (Å²) in [5.74, 6) is 0.635. The summed E-state index contributed by atoms with van der Waals surface area (Å²) in [5, 5.41) is 0. The summed E-state index contributed by atoms with van der Waals surface area (Å²) in [4.78, 5) is 0.0786. The Balaban J connectivity index is 2.20. The molecule has 106 valence electrons. The van der Waals surface area contributed by atoms with Crippen LogP contribution in [0.3, 0.4) is 0 Å². The summed E-state index contributed by atoms with van der Waals surface area (Å²) in [6.07, 6.45) is 0. The van der Waals surface area contributed by atoms with E-state index in [1.54, 1.807) is 37.4 Å². The van der Waals surface area contributed by atoms with Gasteiger partial charge in [0.1, 0.15) is 10.6 Å². The molecule has 0 radical (unpaired) electrons. The van der Waals surface area contributed by atoms with Gasteiger partial charge in [-0.25, -0.2) is 13.1 Å². The maximum atomic E-state index is 12.2. The Morgan fingerprint density at radius 3 is 2.45 bits per heavy atom. The Hall–Kier alpha value is -2.05. The lowest BCUT2D eigenvalue weighted by Gasteiger charge is -2.11. The minimum absolute atomic E-state index is 0.0786. The molecular formula is C14H16N2O3S. The fourth-order valence-electron chi connectivity index (χ4n) is 1.82. The van der Waals surface area contributed by atoms with Crippen molar-refractivity contribution in [3.8, 4) is 5.75 Å². The first-order chi connectivity index (χ1) is 9.54. The van der Waals surface area contributed by atoms with Gasteiger partial charge in [0.2, 0.25) is 10.0 Å². The van der Waals surface area contributed by atoms with Gasteiger partial charge in [0.25, 0.3) is 0 Å². The molecule has 5 nitrogen and oxygen atoms in total. The van der Waals surface area contributed by atoms with Crippen molar-refractivity contribution in [3.63, 3.8) is 0 Å². The second-order valence-electron chi connectivity index (χ2n) is 4.17. The molecular weight excluding hydrogens is 276 g/mol. The molecule has 0 fully saturated rings. The van der Waals surface area contributed by atoms with Gasteiger partial charge in [0.15, 0.2) is 0 Å². The van der Waals surface area contributed by atoms with Crippen LogP contribution in [0.15, 0.2) is 53.4 Å². The molecule has 2 aromatic rings. The maximum Gasteiger partial charge on any atom is 0.242 e. The molecule has 0 bridgehead atoms. The van der Waals surface area contributed by atoms with Crippen molar-refractivity contribution in [1.29, 1.82) is 0 Å². The Labute approximate surface area is 118 Å². The van der Waals surface area contributed by atoms with Gasteiger partial charge in [-0.1, -0.05) is 30.3 Å². The first kappa shape index (κ1) is 14.4. The zero-order valence-corrected chi connectivity index (χ0v) is 11.9. The highest BCUT2D eigenvalue weighted by atomic mass is 32.2. The number of benzene rings is 2. The minimum atomic E-state index is -3.64. The van der Waals surface area contributed by atoms with E-state index < -0.39 is 10.0 Å². The number of nitrogens with one attached hydrogen (secondary N) is 1. The second-order valence-corrected chi connectivity index (χ2v) is 5.91. The van der Waals surface area contributed by atoms with Crippen molar-refractivity contribution >= 4 is 15.7 Å². The summed E-state index contributed by atoms with van der Waals surface area (Å²) in [7, 11) is -2.10. The molecule has 0 heterocycles. The predicted octanol–water partition coefficient (Wildman–Crippen LogP) is 1.76. The molecule has 20 heavy (non-hydrogen) atoms. The highest BCUT2D eigenvalue weighted by molar-refractivity contribution is 7.89. The summed E-state index contributed by atoms with van der Waals surface area (Å²) in [5.41, 5.74) is 6.67. The zero-order valence-electron chi connectivity index (χ0n) is 11.0. The van der Waals surface area contributed by atoms with Gasteiger partial charge >= 0.3 is 0 Å². The zero-order chi connectivity index (χ0) is 14.6. The molecule has 0 spiro atoms. The van der Waals surface area contributed by atoms with Crippen molar-refractivity contribution in [2.24, 2.45) is 0 Å². The van der Waals surface area contributed by atoms with E-state index in [2.05, 4.69) is 4.72 Å². The lowest BCUT2D eigenvalue weighted by molar-refractivity contribution is 0.409. The van der Waals surface area contributed by atoms with Crippen LogP contribution in [0.5, 0.6) is 5.75 Å². The monoisotopic (exact) mass is 292 g/mol. The molecule has 2 aromatic carbocycles. The van der Waals surface area contributed by atoms with E-state index >= 15 is 0 Å². The molecule has 0 atom stereocenters. The van der Waals surface area contributed by atoms with Crippen molar-refractivity contribution in [2.75, 3.05) is 12.8 Å². The lowest BCUT2D eigenvalue weighted by atomic mass is 10.2. The van der Waals surface area contributed by atoms with Gasteiger partial charge in [-0.3, -0.25) is 0 Å². The third-order valence-electron chi connectivity index (χ3n) is 2.85. The van der Waals surface area contributed by atoms with Crippen LogP contribution in [0.1, 0.15) is 5.56 Å². The van der Waals surface area contributed by atoms with E-state index in [-0.39, 0.29) is 17.1 Å². The molecule has 0 unspecified atom stereocenters. The summed E-state index contributed by atoms with van der Waals surface area (Å²) >= 11 is 0. The molecule has 0 saturated carbocycles. The Kier molecular flexibility index (Phi) is 4.26. The largest absolute Gasteiger partial charge is 0.496 e. The molecule has 0 aromatic heterocycles. The van der Waals surface area contributed by atoms with Crippen LogP contribution in [0, 0.1) is 0 Å². The third-order valence-corrected chi connectivity index (χ3v) is 4.33. The van der Waals surface area contributed by atoms with Crippen molar-refractivity contribution in [2.45, 2.75) is 11.4 Å². The van der Waals surface area contributed by atoms with Crippen LogP contribution in [0.25, 0.3) is 0 Å². The van der Waals surface area contributed by atoms with Crippen molar-refractivity contribution in [1.82, 2.24) is 4.72 Å². The van der Waals surface area contributed by atoms with Gasteiger partial charge in [0.05, 0.1) is 12.8 Å². The molecule has 3 N–H and O–H groups in total. The van der Waals surface area contributed by atoms with E-state index in [4.69, 9.17) is 10.5 Å². The number of nitrogen functional groups attached to an aromatic ring is 1. The number of hydrogen-bond acceptors (Lipinski definition) is 4. The van der Waals surface area contributed by atoms with E-state index in [1.807, 2.05) is 12.1 Å². The van der Waals surface area contributed by atoms with E-state index in [0.29, 0.717) is 5.75 Å². The molecule has 0 aliphatic rings. The minimum Gasteiger partial charge on any atom is -0.496 e. The van der Waals surface area contributed by atoms with Gasteiger partial charge in [0, 0.05) is 12.1 Å². The quantitative estimate of drug-likeness (QED) is 0.823. The Morgan fingerprint density at radius 2 is 1.75 bits per heavy atom. The number of nitrogens with two attached hydrogens (primary N) is 1. The molecule has 0 saturated heterocycles. The van der Waals surface area contributed by atoms with Gasteiger partial charge in [-0.15, -0.1) is 0 Å². The average molecular weight is 292 g/mol. The van der Waals surface area contributed by atoms with Gasteiger partial charge < -0.3 is 10.5 Å². The number of methoxy groups -OCH3 is 1. The summed E-state index contributed by atoms with van der Waals surface area (Å²) in [6, 6.07) is 13.6. The SMILES string of the molecule is COc1ccccc1CNS(=O)(=O)c1ccccc1N. The smallest absolute Gasteiger partial charge is 0.242 e. The highest BCUT2D eigenvalue weighted by Crippen LogP contribution is 2.20. The average Bonchev–Trinajstić information content (AvgIpc) is 2.46. The van der Waals surface area contributed by atoms with Crippen LogP contribution in [0.4, 0.5) is 5.69 Å². The summed E-state index contributed by atoms with van der Waals surface area (Å²) < 4.78 is 32.1. The highest BCUT2D eigenvalue weighted by Gasteiger charge is 2.17. The first-order valence-electron chi connectivity index (χ1n) is 6.00. The van der Waals surface area contributed by atoms with E-state index in [9.17, 15) is 8.42 Å². The normalized spacial score (nSPS) is 11.2. The lowest BCUT2D eigenvalue weighted by Crippen LogP contribution is -2.24. The van der Waals surface area contributed by atoms with Crippen LogP contribution >= 0.6 is 0 Å². The molecule has 0 aliphatic heterocycles. The molecule has 0 aliphatic carbocycles. The standard InChI is InChI=1S/C14H16N2O3S/c1-19-13-8-4-2-6-11(13)10-16-20(17,18)14-9-5-3-7-12(14)15/h2-9,16H,10,15H2,1H3. The Bertz CT molecular complexity index is 699. The number of ether oxygens (including phenoxy) is 1. The fourth-order valence-corrected chi connectivity index (χ4v) is 2.96. The van der Waals surface area contributed by atoms with E-state index in [1.165, 1.54) is 6.07 Å². The summed E-state index contributed by atoms with van der Waals surface area (Å²) in [6.45, 7) is 0.140. The number of anilines is 1. The Morgan fingerprint density at radius 1 is 1.10 bits per heavy atom. The number of sulfonamides is 1. The number of para-hydroxylation sites is 2. The number of rotatable bonds is 5. The van der Waals surface area contributed by atoms with Crippen LogP contribution in [-0.2, 0) is 16.6 Å². The fraction of sp³-hybridized carbons (Fsp3) is 0.143. The van der Waals surface area contributed by atoms with Crippen LogP contribution in [0.2, 0.25) is 0 Å².